The van der Waals surface area contributed by atoms with E-state index in [1.807, 2.05) is 11.3 Å². The van der Waals surface area contributed by atoms with Crippen LogP contribution in [0.4, 0.5) is 0 Å². The highest BCUT2D eigenvalue weighted by Gasteiger charge is 2.24. The number of nitrogens with zero attached hydrogens (tertiary/aromatic N) is 2. The molecule has 0 N–H and O–H groups in total. The molecule has 4 heteroatoms. The third-order valence-electron chi connectivity index (χ3n) is 12.1. The van der Waals surface area contributed by atoms with Gasteiger partial charge in [-0.15, -0.1) is 22.7 Å². The fourth-order valence-corrected chi connectivity index (χ4v) is 11.5. The lowest BCUT2D eigenvalue weighted by molar-refractivity contribution is 0.868. The number of allylic oxidation sites excluding steroid dienone is 8. The second-order valence-corrected chi connectivity index (χ2v) is 17.6. The minimum Gasteiger partial charge on any atom is -0.227 e. The number of thiophene rings is 2. The molecule has 0 spiro atoms. The fraction of sp³-hybridized carbons (Fsp3) is 0.0741. The average Bonchev–Trinajstić information content (AvgIpc) is 3.87. The summed E-state index contributed by atoms with van der Waals surface area (Å²) in [6.07, 6.45) is 14.6. The molecule has 0 saturated carbocycles. The van der Waals surface area contributed by atoms with Crippen LogP contribution in [0.2, 0.25) is 0 Å². The summed E-state index contributed by atoms with van der Waals surface area (Å²) in [5.74, 6) is 0.936. The van der Waals surface area contributed by atoms with Crippen LogP contribution < -0.4 is 0 Å². The Kier molecular flexibility index (Phi) is 7.89. The molecule has 1 unspecified atom stereocenters. The summed E-state index contributed by atoms with van der Waals surface area (Å²) in [5, 5.41) is 10.1. The molecule has 0 saturated heterocycles. The van der Waals surface area contributed by atoms with E-state index in [4.69, 9.17) is 9.97 Å². The van der Waals surface area contributed by atoms with Crippen molar-refractivity contribution in [1.82, 2.24) is 9.97 Å². The van der Waals surface area contributed by atoms with Gasteiger partial charge >= 0.3 is 0 Å². The average molecular weight is 777 g/mol. The number of aromatic nitrogens is 2. The van der Waals surface area contributed by atoms with Crippen molar-refractivity contribution in [2.45, 2.75) is 25.2 Å². The summed E-state index contributed by atoms with van der Waals surface area (Å²) in [6, 6.07) is 53.7. The van der Waals surface area contributed by atoms with Gasteiger partial charge in [0, 0.05) is 47.1 Å². The summed E-state index contributed by atoms with van der Waals surface area (Å²) >= 11 is 3.65. The van der Waals surface area contributed by atoms with Crippen molar-refractivity contribution in [2.24, 2.45) is 0 Å². The first kappa shape index (κ1) is 33.7. The van der Waals surface area contributed by atoms with Gasteiger partial charge in [0.25, 0.3) is 0 Å². The Morgan fingerprint density at radius 2 is 1.29 bits per heavy atom. The molecule has 1 atom stereocenters. The third-order valence-corrected chi connectivity index (χ3v) is 14.4. The van der Waals surface area contributed by atoms with Crippen molar-refractivity contribution in [2.75, 3.05) is 0 Å². The van der Waals surface area contributed by atoms with E-state index in [1.54, 1.807) is 11.3 Å². The van der Waals surface area contributed by atoms with Crippen molar-refractivity contribution >= 4 is 101 Å². The van der Waals surface area contributed by atoms with Crippen LogP contribution in [-0.4, -0.2) is 9.97 Å². The molecule has 3 aromatic heterocycles. The van der Waals surface area contributed by atoms with Gasteiger partial charge in [-0.05, 0) is 98.5 Å². The number of rotatable bonds is 5. The van der Waals surface area contributed by atoms with Crippen LogP contribution in [0.5, 0.6) is 0 Å². The van der Waals surface area contributed by atoms with Crippen LogP contribution in [0.15, 0.2) is 176 Å². The first-order valence-corrected chi connectivity index (χ1v) is 21.8. The molecular weight excluding hydrogens is 741 g/mol. The maximum atomic E-state index is 5.48. The maximum absolute atomic E-state index is 5.48. The molecule has 0 aliphatic heterocycles. The van der Waals surface area contributed by atoms with Gasteiger partial charge in [0.2, 0.25) is 0 Å². The van der Waals surface area contributed by atoms with Crippen molar-refractivity contribution in [3.63, 3.8) is 0 Å². The predicted molar refractivity (Wildman–Crippen MR) is 251 cm³/mol. The summed E-state index contributed by atoms with van der Waals surface area (Å²) in [6.45, 7) is 0. The van der Waals surface area contributed by atoms with Gasteiger partial charge in [-0.3, -0.25) is 0 Å². The highest BCUT2D eigenvalue weighted by atomic mass is 32.1. The molecule has 3 heterocycles. The van der Waals surface area contributed by atoms with Crippen molar-refractivity contribution < 1.29 is 0 Å². The smallest absolute Gasteiger partial charge is 0.161 e. The van der Waals surface area contributed by atoms with Gasteiger partial charge in [-0.2, -0.15) is 0 Å². The quantitative estimate of drug-likeness (QED) is 0.163. The Morgan fingerprint density at radius 3 is 2.16 bits per heavy atom. The van der Waals surface area contributed by atoms with E-state index in [9.17, 15) is 0 Å². The zero-order valence-electron chi connectivity index (χ0n) is 31.7. The minimum atomic E-state index is 0.149. The van der Waals surface area contributed by atoms with Gasteiger partial charge < -0.3 is 0 Å². The Morgan fingerprint density at radius 1 is 0.552 bits per heavy atom. The van der Waals surface area contributed by atoms with Crippen LogP contribution in [0, 0.1) is 0 Å². The third kappa shape index (κ3) is 5.59. The largest absolute Gasteiger partial charge is 0.227 e. The number of fused-ring (bicyclic) bond motifs is 9. The Labute approximate surface area is 344 Å². The number of hydrogen-bond acceptors (Lipinski definition) is 4. The van der Waals surface area contributed by atoms with E-state index in [0.29, 0.717) is 0 Å². The molecule has 2 aliphatic carbocycles. The van der Waals surface area contributed by atoms with E-state index in [-0.39, 0.29) is 5.92 Å². The molecule has 7 aromatic carbocycles. The SMILES string of the molecule is C1=CC(c2nc(C3=CC(c4ccc(-c5cccc6c5sc5ccccc56)cc4)CC(c4ccc5c(ccc6ccccc65)c4)=C3)nc3sc4ccccc4c23)=CCC1. The topological polar surface area (TPSA) is 25.8 Å². The zero-order chi connectivity index (χ0) is 38.2. The second kappa shape index (κ2) is 13.6. The Hall–Kier alpha value is -6.46. The molecular formula is C54H36N2S2. The zero-order valence-corrected chi connectivity index (χ0v) is 33.3. The standard InChI is InChI=1S/C54H36N2S2/c1-2-12-36(13-3-1)51-50-47-16-7-9-20-49(47)58-54(50)56-53(55-51)41-31-39(30-40(32-41)37-27-28-43-38(29-37)26-25-34-11-4-5-14-42(34)43)33-21-23-35(24-22-33)44-17-10-18-46-45-15-6-8-19-48(45)57-52(44)46/h2,4-29,31-32,39H,1,3,30H2. The van der Waals surface area contributed by atoms with Crippen LogP contribution in [0.3, 0.4) is 0 Å². The van der Waals surface area contributed by atoms with E-state index in [0.717, 1.165) is 46.6 Å². The van der Waals surface area contributed by atoms with Crippen LogP contribution >= 0.6 is 22.7 Å². The Bertz CT molecular complexity index is 3430. The van der Waals surface area contributed by atoms with E-state index in [2.05, 4.69) is 176 Å². The molecule has 12 rings (SSSR count). The Balaban J connectivity index is 1.00. The highest BCUT2D eigenvalue weighted by Crippen LogP contribution is 2.44. The first-order chi connectivity index (χ1) is 28.7. The molecule has 0 amide bonds. The van der Waals surface area contributed by atoms with E-state index in [1.165, 1.54) is 85.2 Å². The van der Waals surface area contributed by atoms with Crippen LogP contribution in [-0.2, 0) is 0 Å². The van der Waals surface area contributed by atoms with Gasteiger partial charge in [-0.25, -0.2) is 9.97 Å². The van der Waals surface area contributed by atoms with E-state index < -0.39 is 0 Å². The molecule has 0 bridgehead atoms. The summed E-state index contributed by atoms with van der Waals surface area (Å²) in [5.41, 5.74) is 9.67. The van der Waals surface area contributed by atoms with Gasteiger partial charge in [0.15, 0.2) is 5.82 Å². The molecule has 274 valence electrons. The summed E-state index contributed by atoms with van der Waals surface area (Å²) < 4.78 is 3.92. The van der Waals surface area contributed by atoms with E-state index >= 15 is 0 Å². The highest BCUT2D eigenvalue weighted by molar-refractivity contribution is 7.26. The molecule has 2 nitrogen and oxygen atoms in total. The monoisotopic (exact) mass is 776 g/mol. The lowest BCUT2D eigenvalue weighted by atomic mass is 9.82. The summed E-state index contributed by atoms with van der Waals surface area (Å²) in [7, 11) is 0. The number of hydrogen-bond donors (Lipinski definition) is 0. The van der Waals surface area contributed by atoms with Crippen molar-refractivity contribution in [3.8, 4) is 11.1 Å². The van der Waals surface area contributed by atoms with Gasteiger partial charge in [0.05, 0.1) is 5.69 Å². The molecule has 10 aromatic rings. The van der Waals surface area contributed by atoms with Crippen molar-refractivity contribution in [3.05, 3.63) is 199 Å². The molecule has 0 radical (unpaired) electrons. The second-order valence-electron chi connectivity index (χ2n) is 15.5. The number of benzene rings is 7. The fourth-order valence-electron chi connectivity index (χ4n) is 9.21. The van der Waals surface area contributed by atoms with Crippen molar-refractivity contribution in [1.29, 1.82) is 0 Å². The van der Waals surface area contributed by atoms with Gasteiger partial charge in [0.1, 0.15) is 4.83 Å². The lowest BCUT2D eigenvalue weighted by Crippen LogP contribution is -2.07. The molecule has 58 heavy (non-hydrogen) atoms. The van der Waals surface area contributed by atoms with Gasteiger partial charge in [-0.1, -0.05) is 152 Å². The maximum Gasteiger partial charge on any atom is 0.161 e. The normalized spacial score (nSPS) is 15.8. The molecule has 0 fully saturated rings. The van der Waals surface area contributed by atoms with Crippen LogP contribution in [0.1, 0.15) is 47.8 Å². The first-order valence-electron chi connectivity index (χ1n) is 20.1. The molecule has 2 aliphatic rings. The predicted octanol–water partition coefficient (Wildman–Crippen LogP) is 15.6. The minimum absolute atomic E-state index is 0.149. The van der Waals surface area contributed by atoms with Crippen LogP contribution in [0.25, 0.3) is 89.9 Å². The summed E-state index contributed by atoms with van der Waals surface area (Å²) in [4.78, 5) is 11.9. The lowest BCUT2D eigenvalue weighted by Gasteiger charge is -2.23.